The summed E-state index contributed by atoms with van der Waals surface area (Å²) >= 11 is 0. The number of aromatic nitrogens is 4. The molecule has 0 aliphatic heterocycles. The molecule has 0 aliphatic carbocycles. The maximum atomic E-state index is 10.4. The van der Waals surface area contributed by atoms with Gasteiger partial charge in [0.2, 0.25) is 17.5 Å². The lowest BCUT2D eigenvalue weighted by Gasteiger charge is -1.92. The molecule has 2 aromatic heterocycles. The van der Waals surface area contributed by atoms with Crippen LogP contribution < -0.4 is 0 Å². The van der Waals surface area contributed by atoms with Gasteiger partial charge in [-0.1, -0.05) is 5.16 Å². The third kappa shape index (κ3) is 3.09. The molecule has 0 fully saturated rings. The summed E-state index contributed by atoms with van der Waals surface area (Å²) in [5.74, 6) is 0.279. The highest BCUT2D eigenvalue weighted by atomic mass is 16.5. The van der Waals surface area contributed by atoms with Crippen LogP contribution in [0.4, 0.5) is 0 Å². The Labute approximate surface area is 103 Å². The van der Waals surface area contributed by atoms with Crippen LogP contribution in [0.3, 0.4) is 0 Å². The van der Waals surface area contributed by atoms with Gasteiger partial charge in [-0.15, -0.1) is 0 Å². The Bertz CT molecular complexity index is 535. The number of hydrogen-bond acceptors (Lipinski definition) is 6. The molecule has 0 saturated heterocycles. The fraction of sp³-hybridized carbons (Fsp3) is 0.364. The summed E-state index contributed by atoms with van der Waals surface area (Å²) in [6, 6.07) is 0. The van der Waals surface area contributed by atoms with Crippen LogP contribution in [0.1, 0.15) is 24.3 Å². The fourth-order valence-electron chi connectivity index (χ4n) is 1.35. The Morgan fingerprint density at radius 1 is 1.33 bits per heavy atom. The summed E-state index contributed by atoms with van der Waals surface area (Å²) in [5, 5.41) is 12.3. The molecule has 0 atom stereocenters. The zero-order valence-corrected chi connectivity index (χ0v) is 9.83. The minimum atomic E-state index is -0.836. The lowest BCUT2D eigenvalue weighted by atomic mass is 10.2. The fourth-order valence-corrected chi connectivity index (χ4v) is 1.35. The van der Waals surface area contributed by atoms with Crippen molar-refractivity contribution in [2.24, 2.45) is 0 Å². The molecule has 2 aromatic rings. The van der Waals surface area contributed by atoms with Crippen LogP contribution in [0, 0.1) is 6.92 Å². The first kappa shape index (κ1) is 12.2. The van der Waals surface area contributed by atoms with E-state index in [9.17, 15) is 4.79 Å². The maximum Gasteiger partial charge on any atom is 0.303 e. The van der Waals surface area contributed by atoms with Gasteiger partial charge in [0.1, 0.15) is 0 Å². The van der Waals surface area contributed by atoms with Crippen molar-refractivity contribution in [1.29, 1.82) is 0 Å². The molecule has 2 heterocycles. The Hall–Kier alpha value is -2.31. The van der Waals surface area contributed by atoms with Gasteiger partial charge in [-0.05, 0) is 18.9 Å². The van der Waals surface area contributed by atoms with Gasteiger partial charge < -0.3 is 9.63 Å². The molecule has 0 unspecified atom stereocenters. The molecule has 0 aliphatic rings. The average Bonchev–Trinajstić information content (AvgIpc) is 2.78. The lowest BCUT2D eigenvalue weighted by Crippen LogP contribution is -1.96. The van der Waals surface area contributed by atoms with Crippen LogP contribution in [0.5, 0.6) is 0 Å². The maximum absolute atomic E-state index is 10.4. The number of nitrogens with zero attached hydrogens (tertiary/aromatic N) is 4. The number of carboxylic acids is 1. The summed E-state index contributed by atoms with van der Waals surface area (Å²) in [6.45, 7) is 1.89. The monoisotopic (exact) mass is 248 g/mol. The van der Waals surface area contributed by atoms with E-state index in [-0.39, 0.29) is 6.42 Å². The van der Waals surface area contributed by atoms with E-state index in [1.165, 1.54) is 0 Å². The van der Waals surface area contributed by atoms with Crippen LogP contribution in [-0.4, -0.2) is 31.2 Å². The van der Waals surface area contributed by atoms with Crippen molar-refractivity contribution in [3.8, 4) is 11.6 Å². The molecule has 7 nitrogen and oxygen atoms in total. The third-order valence-corrected chi connectivity index (χ3v) is 2.23. The van der Waals surface area contributed by atoms with Crippen molar-refractivity contribution in [1.82, 2.24) is 20.1 Å². The van der Waals surface area contributed by atoms with Gasteiger partial charge in [-0.25, -0.2) is 9.97 Å². The molecular formula is C11H12N4O3. The molecule has 0 amide bonds. The second-order valence-electron chi connectivity index (χ2n) is 3.84. The Morgan fingerprint density at radius 3 is 2.72 bits per heavy atom. The first-order valence-electron chi connectivity index (χ1n) is 5.48. The Kier molecular flexibility index (Phi) is 3.61. The van der Waals surface area contributed by atoms with Crippen molar-refractivity contribution in [2.45, 2.75) is 26.2 Å². The smallest absolute Gasteiger partial charge is 0.303 e. The summed E-state index contributed by atoms with van der Waals surface area (Å²) in [4.78, 5) is 22.6. The molecule has 0 bridgehead atoms. The highest BCUT2D eigenvalue weighted by Gasteiger charge is 2.11. The molecule has 0 spiro atoms. The molecule has 7 heteroatoms. The van der Waals surface area contributed by atoms with Crippen LogP contribution in [0.2, 0.25) is 0 Å². The van der Waals surface area contributed by atoms with E-state index in [1.807, 2.05) is 6.92 Å². The molecule has 0 radical (unpaired) electrons. The number of aryl methyl sites for hydroxylation is 2. The van der Waals surface area contributed by atoms with Crippen molar-refractivity contribution >= 4 is 5.97 Å². The molecular weight excluding hydrogens is 236 g/mol. The number of hydrogen-bond donors (Lipinski definition) is 1. The molecule has 18 heavy (non-hydrogen) atoms. The second-order valence-corrected chi connectivity index (χ2v) is 3.84. The van der Waals surface area contributed by atoms with Gasteiger partial charge in [0, 0.05) is 25.2 Å². The van der Waals surface area contributed by atoms with Gasteiger partial charge in [0.05, 0.1) is 0 Å². The van der Waals surface area contributed by atoms with Crippen molar-refractivity contribution in [3.63, 3.8) is 0 Å². The van der Waals surface area contributed by atoms with Gasteiger partial charge in [0.25, 0.3) is 0 Å². The Morgan fingerprint density at radius 2 is 2.06 bits per heavy atom. The zero-order valence-electron chi connectivity index (χ0n) is 9.83. The van der Waals surface area contributed by atoms with E-state index in [0.29, 0.717) is 30.4 Å². The van der Waals surface area contributed by atoms with Crippen molar-refractivity contribution in [2.75, 3.05) is 0 Å². The minimum Gasteiger partial charge on any atom is -0.481 e. The number of carboxylic acid groups (broad SMARTS) is 1. The van der Waals surface area contributed by atoms with E-state index in [4.69, 9.17) is 9.63 Å². The predicted octanol–water partition coefficient (Wildman–Crippen LogP) is 1.24. The quantitative estimate of drug-likeness (QED) is 0.849. The SMILES string of the molecule is Cc1cnc(-c2noc(CCCC(=O)O)n2)nc1. The largest absolute Gasteiger partial charge is 0.481 e. The van der Waals surface area contributed by atoms with Crippen molar-refractivity contribution < 1.29 is 14.4 Å². The van der Waals surface area contributed by atoms with Crippen LogP contribution in [0.15, 0.2) is 16.9 Å². The second kappa shape index (κ2) is 5.35. The highest BCUT2D eigenvalue weighted by molar-refractivity contribution is 5.66. The average molecular weight is 248 g/mol. The Balaban J connectivity index is 2.01. The molecule has 0 aromatic carbocycles. The molecule has 2 rings (SSSR count). The van der Waals surface area contributed by atoms with Crippen molar-refractivity contribution in [3.05, 3.63) is 23.8 Å². The van der Waals surface area contributed by atoms with E-state index in [2.05, 4.69) is 20.1 Å². The predicted molar refractivity (Wildman–Crippen MR) is 60.6 cm³/mol. The number of rotatable bonds is 5. The van der Waals surface area contributed by atoms with Crippen LogP contribution in [0.25, 0.3) is 11.6 Å². The third-order valence-electron chi connectivity index (χ3n) is 2.23. The molecule has 94 valence electrons. The van der Waals surface area contributed by atoms with Gasteiger partial charge in [0.15, 0.2) is 0 Å². The van der Waals surface area contributed by atoms with Crippen LogP contribution in [-0.2, 0) is 11.2 Å². The number of carbonyl (C=O) groups is 1. The summed E-state index contributed by atoms with van der Waals surface area (Å²) in [6.07, 6.45) is 4.32. The summed E-state index contributed by atoms with van der Waals surface area (Å²) in [7, 11) is 0. The topological polar surface area (TPSA) is 102 Å². The molecule has 0 saturated carbocycles. The normalized spacial score (nSPS) is 10.5. The lowest BCUT2D eigenvalue weighted by molar-refractivity contribution is -0.137. The standard InChI is InChI=1S/C11H12N4O3/c1-7-5-12-10(13-6-7)11-14-8(18-15-11)3-2-4-9(16)17/h5-6H,2-4H2,1H3,(H,16,17). The van der Waals surface area contributed by atoms with Gasteiger partial charge in [-0.2, -0.15) is 4.98 Å². The minimum absolute atomic E-state index is 0.0821. The summed E-state index contributed by atoms with van der Waals surface area (Å²) < 4.78 is 5.00. The van der Waals surface area contributed by atoms with Crippen LogP contribution >= 0.6 is 0 Å². The molecule has 1 N–H and O–H groups in total. The first-order valence-corrected chi connectivity index (χ1v) is 5.48. The summed E-state index contributed by atoms with van der Waals surface area (Å²) in [5.41, 5.74) is 0.948. The first-order chi connectivity index (χ1) is 8.65. The van der Waals surface area contributed by atoms with E-state index in [1.54, 1.807) is 12.4 Å². The van der Waals surface area contributed by atoms with E-state index in [0.717, 1.165) is 5.56 Å². The van der Waals surface area contributed by atoms with Gasteiger partial charge >= 0.3 is 5.97 Å². The van der Waals surface area contributed by atoms with Gasteiger partial charge in [-0.3, -0.25) is 4.79 Å². The van der Waals surface area contributed by atoms with E-state index >= 15 is 0 Å². The van der Waals surface area contributed by atoms with E-state index < -0.39 is 5.97 Å². The number of aliphatic carboxylic acids is 1. The highest BCUT2D eigenvalue weighted by Crippen LogP contribution is 2.11. The zero-order chi connectivity index (χ0) is 13.0.